The first-order chi connectivity index (χ1) is 12.7. The lowest BCUT2D eigenvalue weighted by atomic mass is 10.2. The number of nitrogens with zero attached hydrogens (tertiary/aromatic N) is 3. The zero-order chi connectivity index (χ0) is 18.4. The van der Waals surface area contributed by atoms with Crippen molar-refractivity contribution in [3.05, 3.63) is 78.1 Å². The molecule has 2 aromatic carbocycles. The van der Waals surface area contributed by atoms with Crippen molar-refractivity contribution in [3.8, 4) is 0 Å². The molecular weight excluding hydrogens is 328 g/mol. The van der Waals surface area contributed by atoms with Crippen LogP contribution >= 0.6 is 0 Å². The van der Waals surface area contributed by atoms with Crippen LogP contribution in [0.15, 0.2) is 67.0 Å². The number of nitrogens with one attached hydrogen (secondary N) is 1. The van der Waals surface area contributed by atoms with Crippen LogP contribution in [0.25, 0.3) is 0 Å². The van der Waals surface area contributed by atoms with Gasteiger partial charge in [-0.3, -0.25) is 0 Å². The number of benzene rings is 2. The summed E-state index contributed by atoms with van der Waals surface area (Å²) in [6.45, 7) is 0.755. The third kappa shape index (κ3) is 4.36. The van der Waals surface area contributed by atoms with Gasteiger partial charge in [0.25, 0.3) is 0 Å². The smallest absolute Gasteiger partial charge is 0.337 e. The second kappa shape index (κ2) is 8.11. The number of aromatic nitrogens is 2. The molecule has 0 aliphatic carbocycles. The first-order valence-electron chi connectivity index (χ1n) is 8.18. The van der Waals surface area contributed by atoms with E-state index in [4.69, 9.17) is 4.74 Å². The van der Waals surface area contributed by atoms with E-state index in [1.165, 1.54) is 19.0 Å². The standard InChI is InChI=1S/C20H20N4O2/c1-24(13-15-6-4-3-5-7-15)19-12-18(21-14-22-19)23-17-10-8-16(9-11-17)20(25)26-2/h3-12,14H,13H2,1-2H3,(H,21,22,23). The summed E-state index contributed by atoms with van der Waals surface area (Å²) in [5.74, 6) is 1.14. The number of methoxy groups -OCH3 is 1. The van der Waals surface area contributed by atoms with Crippen LogP contribution in [0.5, 0.6) is 0 Å². The minimum atomic E-state index is -0.358. The van der Waals surface area contributed by atoms with Gasteiger partial charge in [0, 0.05) is 25.3 Å². The Morgan fingerprint density at radius 1 is 1.08 bits per heavy atom. The Hall–Kier alpha value is -3.41. The lowest BCUT2D eigenvalue weighted by Crippen LogP contribution is -2.17. The summed E-state index contributed by atoms with van der Waals surface area (Å²) in [6.07, 6.45) is 1.53. The normalized spacial score (nSPS) is 10.2. The predicted octanol–water partition coefficient (Wildman–Crippen LogP) is 3.64. The SMILES string of the molecule is COC(=O)c1ccc(Nc2cc(N(C)Cc3ccccc3)ncn2)cc1. The van der Waals surface area contributed by atoms with E-state index in [2.05, 4.69) is 32.3 Å². The summed E-state index contributed by atoms with van der Waals surface area (Å²) in [5, 5.41) is 3.22. The van der Waals surface area contributed by atoms with Crippen LogP contribution in [-0.4, -0.2) is 30.1 Å². The maximum Gasteiger partial charge on any atom is 0.337 e. The highest BCUT2D eigenvalue weighted by molar-refractivity contribution is 5.89. The third-order valence-corrected chi connectivity index (χ3v) is 3.88. The van der Waals surface area contributed by atoms with Gasteiger partial charge in [-0.15, -0.1) is 0 Å². The minimum Gasteiger partial charge on any atom is -0.465 e. The molecule has 1 heterocycles. The van der Waals surface area contributed by atoms with Gasteiger partial charge in [0.1, 0.15) is 18.0 Å². The average Bonchev–Trinajstić information content (AvgIpc) is 2.69. The topological polar surface area (TPSA) is 67.3 Å². The van der Waals surface area contributed by atoms with Gasteiger partial charge in [-0.2, -0.15) is 0 Å². The van der Waals surface area contributed by atoms with Crippen molar-refractivity contribution in [2.45, 2.75) is 6.54 Å². The molecular formula is C20H20N4O2. The highest BCUT2D eigenvalue weighted by atomic mass is 16.5. The third-order valence-electron chi connectivity index (χ3n) is 3.88. The molecule has 0 spiro atoms. The van der Waals surface area contributed by atoms with E-state index in [1.807, 2.05) is 43.4 Å². The molecule has 0 radical (unpaired) electrons. The zero-order valence-electron chi connectivity index (χ0n) is 14.7. The molecule has 0 bridgehead atoms. The highest BCUT2D eigenvalue weighted by Gasteiger charge is 2.07. The van der Waals surface area contributed by atoms with Crippen molar-refractivity contribution in [2.75, 3.05) is 24.4 Å². The number of ether oxygens (including phenoxy) is 1. The molecule has 3 aromatic rings. The van der Waals surface area contributed by atoms with Crippen LogP contribution in [0.2, 0.25) is 0 Å². The van der Waals surface area contributed by atoms with Crippen molar-refractivity contribution in [3.63, 3.8) is 0 Å². The molecule has 132 valence electrons. The summed E-state index contributed by atoms with van der Waals surface area (Å²) in [5.41, 5.74) is 2.54. The van der Waals surface area contributed by atoms with Crippen LogP contribution in [0.3, 0.4) is 0 Å². The largest absolute Gasteiger partial charge is 0.465 e. The number of carbonyl (C=O) groups excluding carboxylic acids is 1. The molecule has 0 saturated carbocycles. The molecule has 0 saturated heterocycles. The first-order valence-corrected chi connectivity index (χ1v) is 8.18. The molecule has 0 aliphatic heterocycles. The molecule has 0 amide bonds. The second-order valence-electron chi connectivity index (χ2n) is 5.80. The van der Waals surface area contributed by atoms with Crippen molar-refractivity contribution in [1.29, 1.82) is 0 Å². The monoisotopic (exact) mass is 348 g/mol. The fraction of sp³-hybridized carbons (Fsp3) is 0.150. The van der Waals surface area contributed by atoms with Crippen LogP contribution in [0.4, 0.5) is 17.3 Å². The molecule has 0 fully saturated rings. The summed E-state index contributed by atoms with van der Waals surface area (Å²) >= 11 is 0. The van der Waals surface area contributed by atoms with Gasteiger partial charge in [-0.25, -0.2) is 14.8 Å². The van der Waals surface area contributed by atoms with Gasteiger partial charge in [0.15, 0.2) is 0 Å². The summed E-state index contributed by atoms with van der Waals surface area (Å²) in [7, 11) is 3.35. The second-order valence-corrected chi connectivity index (χ2v) is 5.80. The lowest BCUT2D eigenvalue weighted by molar-refractivity contribution is 0.0601. The molecule has 3 rings (SSSR count). The van der Waals surface area contributed by atoms with Crippen molar-refractivity contribution >= 4 is 23.3 Å². The summed E-state index contributed by atoms with van der Waals surface area (Å²) in [4.78, 5) is 22.1. The molecule has 0 aliphatic rings. The predicted molar refractivity (Wildman–Crippen MR) is 102 cm³/mol. The van der Waals surface area contributed by atoms with E-state index in [0.29, 0.717) is 11.4 Å². The number of esters is 1. The number of hydrogen-bond donors (Lipinski definition) is 1. The molecule has 26 heavy (non-hydrogen) atoms. The fourth-order valence-corrected chi connectivity index (χ4v) is 2.52. The van der Waals surface area contributed by atoms with E-state index >= 15 is 0 Å². The van der Waals surface area contributed by atoms with Crippen LogP contribution in [-0.2, 0) is 11.3 Å². The average molecular weight is 348 g/mol. The van der Waals surface area contributed by atoms with E-state index in [1.54, 1.807) is 12.1 Å². The summed E-state index contributed by atoms with van der Waals surface area (Å²) < 4.78 is 4.70. The Morgan fingerprint density at radius 2 is 1.81 bits per heavy atom. The van der Waals surface area contributed by atoms with Crippen molar-refractivity contribution in [1.82, 2.24) is 9.97 Å². The Labute approximate surface area is 152 Å². The maximum atomic E-state index is 11.5. The first kappa shape index (κ1) is 17.4. The zero-order valence-corrected chi connectivity index (χ0v) is 14.7. The van der Waals surface area contributed by atoms with Gasteiger partial charge in [-0.05, 0) is 29.8 Å². The van der Waals surface area contributed by atoms with Crippen LogP contribution < -0.4 is 10.2 Å². The maximum absolute atomic E-state index is 11.5. The minimum absolute atomic E-state index is 0.358. The molecule has 1 aromatic heterocycles. The number of carbonyl (C=O) groups is 1. The molecule has 6 nitrogen and oxygen atoms in total. The number of hydrogen-bond acceptors (Lipinski definition) is 6. The van der Waals surface area contributed by atoms with Crippen LogP contribution in [0.1, 0.15) is 15.9 Å². The number of anilines is 3. The van der Waals surface area contributed by atoms with Crippen LogP contribution in [0, 0.1) is 0 Å². The Bertz CT molecular complexity index is 866. The molecule has 0 unspecified atom stereocenters. The quantitative estimate of drug-likeness (QED) is 0.686. The molecule has 0 atom stereocenters. The van der Waals surface area contributed by atoms with Gasteiger partial charge in [-0.1, -0.05) is 30.3 Å². The van der Waals surface area contributed by atoms with Gasteiger partial charge in [0.05, 0.1) is 12.7 Å². The highest BCUT2D eigenvalue weighted by Crippen LogP contribution is 2.19. The molecule has 1 N–H and O–H groups in total. The lowest BCUT2D eigenvalue weighted by Gasteiger charge is -2.18. The van der Waals surface area contributed by atoms with Crippen molar-refractivity contribution < 1.29 is 9.53 Å². The van der Waals surface area contributed by atoms with Gasteiger partial charge < -0.3 is 15.0 Å². The van der Waals surface area contributed by atoms with Gasteiger partial charge >= 0.3 is 5.97 Å². The van der Waals surface area contributed by atoms with E-state index < -0.39 is 0 Å². The van der Waals surface area contributed by atoms with E-state index in [9.17, 15) is 4.79 Å². The Kier molecular flexibility index (Phi) is 5.43. The molecule has 6 heteroatoms. The fourth-order valence-electron chi connectivity index (χ4n) is 2.52. The Morgan fingerprint density at radius 3 is 2.50 bits per heavy atom. The van der Waals surface area contributed by atoms with Gasteiger partial charge in [0.2, 0.25) is 0 Å². The number of rotatable bonds is 6. The summed E-state index contributed by atoms with van der Waals surface area (Å²) in [6, 6.07) is 19.1. The van der Waals surface area contributed by atoms with Crippen molar-refractivity contribution in [2.24, 2.45) is 0 Å². The Balaban J connectivity index is 1.70. The van der Waals surface area contributed by atoms with E-state index in [0.717, 1.165) is 18.1 Å². The van der Waals surface area contributed by atoms with E-state index in [-0.39, 0.29) is 5.97 Å².